The summed E-state index contributed by atoms with van der Waals surface area (Å²) >= 11 is 0. The van der Waals surface area contributed by atoms with E-state index in [0.29, 0.717) is 0 Å². The summed E-state index contributed by atoms with van der Waals surface area (Å²) in [6.45, 7) is 7.11. The first-order chi connectivity index (χ1) is 6.31. The molecule has 0 radical (unpaired) electrons. The Kier molecular flexibility index (Phi) is 2.89. The first-order valence-corrected chi connectivity index (χ1v) is 5.80. The van der Waals surface area contributed by atoms with Crippen molar-refractivity contribution in [3.8, 4) is 0 Å². The Morgan fingerprint density at radius 2 is 2.15 bits per heavy atom. The molecule has 1 saturated carbocycles. The third kappa shape index (κ3) is 2.23. The molecular weight excluding hydrogens is 160 g/mol. The van der Waals surface area contributed by atoms with E-state index in [1.54, 1.807) is 0 Å². The maximum absolute atomic E-state index is 3.63. The highest BCUT2D eigenvalue weighted by Gasteiger charge is 2.38. The Hall–Kier alpha value is -0.0800. The van der Waals surface area contributed by atoms with Crippen molar-refractivity contribution in [2.75, 3.05) is 13.1 Å². The molecule has 0 aromatic rings. The van der Waals surface area contributed by atoms with Gasteiger partial charge in [0.1, 0.15) is 0 Å². The molecule has 0 bridgehead atoms. The van der Waals surface area contributed by atoms with Crippen LogP contribution in [0.2, 0.25) is 0 Å². The summed E-state index contributed by atoms with van der Waals surface area (Å²) in [6, 6.07) is 2.54. The summed E-state index contributed by atoms with van der Waals surface area (Å²) in [4.78, 5) is 2.70. The molecule has 1 saturated heterocycles. The fraction of sp³-hybridized carbons (Fsp3) is 1.00. The van der Waals surface area contributed by atoms with Crippen LogP contribution in [0, 0.1) is 0 Å². The van der Waals surface area contributed by atoms with Crippen molar-refractivity contribution >= 4 is 0 Å². The molecule has 2 heteroatoms. The van der Waals surface area contributed by atoms with E-state index in [4.69, 9.17) is 0 Å². The van der Waals surface area contributed by atoms with Gasteiger partial charge in [0.15, 0.2) is 0 Å². The normalized spacial score (nSPS) is 35.5. The topological polar surface area (TPSA) is 15.3 Å². The molecule has 0 aromatic heterocycles. The lowest BCUT2D eigenvalue weighted by Gasteiger charge is -2.19. The molecule has 76 valence electrons. The average Bonchev–Trinajstić information content (AvgIpc) is 2.88. The predicted octanol–water partition coefficient (Wildman–Crippen LogP) is 1.61. The monoisotopic (exact) mass is 182 g/mol. The highest BCUT2D eigenvalue weighted by atomic mass is 15.3. The molecule has 0 spiro atoms. The second-order valence-corrected chi connectivity index (χ2v) is 4.66. The van der Waals surface area contributed by atoms with Crippen molar-refractivity contribution in [2.45, 2.75) is 57.7 Å². The highest BCUT2D eigenvalue weighted by molar-refractivity contribution is 4.95. The van der Waals surface area contributed by atoms with Gasteiger partial charge in [-0.1, -0.05) is 6.92 Å². The summed E-state index contributed by atoms with van der Waals surface area (Å²) in [5.74, 6) is 0. The van der Waals surface area contributed by atoms with Crippen LogP contribution in [0.25, 0.3) is 0 Å². The van der Waals surface area contributed by atoms with Crippen molar-refractivity contribution in [3.63, 3.8) is 0 Å². The number of nitrogens with one attached hydrogen (secondary N) is 1. The first-order valence-electron chi connectivity index (χ1n) is 5.80. The van der Waals surface area contributed by atoms with Crippen molar-refractivity contribution < 1.29 is 0 Å². The van der Waals surface area contributed by atoms with E-state index < -0.39 is 0 Å². The van der Waals surface area contributed by atoms with E-state index >= 15 is 0 Å². The lowest BCUT2D eigenvalue weighted by molar-refractivity contribution is 0.255. The van der Waals surface area contributed by atoms with Crippen LogP contribution in [0.3, 0.4) is 0 Å². The van der Waals surface area contributed by atoms with Gasteiger partial charge in [-0.2, -0.15) is 0 Å². The molecule has 1 aliphatic heterocycles. The van der Waals surface area contributed by atoms with E-state index in [9.17, 15) is 0 Å². The number of likely N-dealkylation sites (tertiary alicyclic amines) is 1. The number of hydrogen-bond acceptors (Lipinski definition) is 2. The van der Waals surface area contributed by atoms with Crippen LogP contribution in [0.5, 0.6) is 0 Å². The maximum Gasteiger partial charge on any atom is 0.0210 e. The zero-order chi connectivity index (χ0) is 9.26. The third-order valence-corrected chi connectivity index (χ3v) is 3.32. The summed E-state index contributed by atoms with van der Waals surface area (Å²) in [7, 11) is 0. The van der Waals surface area contributed by atoms with Crippen molar-refractivity contribution in [3.05, 3.63) is 0 Å². The van der Waals surface area contributed by atoms with Crippen LogP contribution in [-0.4, -0.2) is 36.1 Å². The average molecular weight is 182 g/mol. The smallest absolute Gasteiger partial charge is 0.0210 e. The third-order valence-electron chi connectivity index (χ3n) is 3.32. The van der Waals surface area contributed by atoms with Crippen LogP contribution >= 0.6 is 0 Å². The summed E-state index contributed by atoms with van der Waals surface area (Å²) in [5, 5.41) is 3.63. The van der Waals surface area contributed by atoms with Crippen molar-refractivity contribution in [1.29, 1.82) is 0 Å². The minimum atomic E-state index is 0.774. The zero-order valence-electron chi connectivity index (χ0n) is 8.92. The van der Waals surface area contributed by atoms with Gasteiger partial charge in [-0.05, 0) is 39.2 Å². The Bertz CT molecular complexity index is 165. The van der Waals surface area contributed by atoms with Gasteiger partial charge in [0.05, 0.1) is 0 Å². The lowest BCUT2D eigenvalue weighted by atomic mass is 10.2. The number of hydrogen-bond donors (Lipinski definition) is 1. The van der Waals surface area contributed by atoms with Gasteiger partial charge >= 0.3 is 0 Å². The largest absolute Gasteiger partial charge is 0.313 e. The minimum Gasteiger partial charge on any atom is -0.313 e. The highest BCUT2D eigenvalue weighted by Crippen LogP contribution is 2.33. The minimum absolute atomic E-state index is 0.774. The van der Waals surface area contributed by atoms with Crippen molar-refractivity contribution in [1.82, 2.24) is 10.2 Å². The molecule has 2 fully saturated rings. The molecule has 2 nitrogen and oxygen atoms in total. The van der Waals surface area contributed by atoms with Gasteiger partial charge in [0.2, 0.25) is 0 Å². The van der Waals surface area contributed by atoms with E-state index in [1.165, 1.54) is 38.8 Å². The quantitative estimate of drug-likeness (QED) is 0.710. The first kappa shape index (κ1) is 9.47. The molecule has 2 atom stereocenters. The van der Waals surface area contributed by atoms with Crippen LogP contribution in [0.4, 0.5) is 0 Å². The Labute approximate surface area is 81.7 Å². The molecule has 1 heterocycles. The van der Waals surface area contributed by atoms with Crippen LogP contribution in [0.1, 0.15) is 39.5 Å². The van der Waals surface area contributed by atoms with Crippen LogP contribution in [-0.2, 0) is 0 Å². The summed E-state index contributed by atoms with van der Waals surface area (Å²) < 4.78 is 0. The molecular formula is C11H22N2. The van der Waals surface area contributed by atoms with Crippen LogP contribution in [0.15, 0.2) is 0 Å². The van der Waals surface area contributed by atoms with Gasteiger partial charge in [-0.15, -0.1) is 0 Å². The molecule has 2 rings (SSSR count). The van der Waals surface area contributed by atoms with E-state index in [-0.39, 0.29) is 0 Å². The van der Waals surface area contributed by atoms with E-state index in [1.807, 2.05) is 0 Å². The second-order valence-electron chi connectivity index (χ2n) is 4.66. The molecule has 1 aliphatic carbocycles. The molecule has 0 amide bonds. The summed E-state index contributed by atoms with van der Waals surface area (Å²) in [6.07, 6.45) is 5.51. The fourth-order valence-corrected chi connectivity index (χ4v) is 2.47. The van der Waals surface area contributed by atoms with Crippen molar-refractivity contribution in [2.24, 2.45) is 0 Å². The number of rotatable bonds is 4. The van der Waals surface area contributed by atoms with Gasteiger partial charge in [-0.25, -0.2) is 0 Å². The van der Waals surface area contributed by atoms with Gasteiger partial charge in [-0.3, -0.25) is 4.90 Å². The second kappa shape index (κ2) is 3.97. The molecule has 1 N–H and O–H groups in total. The fourth-order valence-electron chi connectivity index (χ4n) is 2.47. The van der Waals surface area contributed by atoms with E-state index in [0.717, 1.165) is 18.1 Å². The zero-order valence-corrected chi connectivity index (χ0v) is 8.92. The summed E-state index contributed by atoms with van der Waals surface area (Å²) in [5.41, 5.74) is 0. The van der Waals surface area contributed by atoms with Gasteiger partial charge in [0.25, 0.3) is 0 Å². The van der Waals surface area contributed by atoms with Gasteiger partial charge in [0, 0.05) is 24.7 Å². The maximum atomic E-state index is 3.63. The predicted molar refractivity (Wildman–Crippen MR) is 55.9 cm³/mol. The molecule has 0 aromatic carbocycles. The van der Waals surface area contributed by atoms with Crippen LogP contribution < -0.4 is 5.32 Å². The Balaban J connectivity index is 1.76. The molecule has 13 heavy (non-hydrogen) atoms. The molecule has 2 unspecified atom stereocenters. The Morgan fingerprint density at radius 1 is 1.38 bits per heavy atom. The SMILES string of the molecule is CCCNC1CC(C)N(C2CC2)C1. The Morgan fingerprint density at radius 3 is 2.77 bits per heavy atom. The lowest BCUT2D eigenvalue weighted by Crippen LogP contribution is -2.34. The van der Waals surface area contributed by atoms with E-state index in [2.05, 4.69) is 24.1 Å². The van der Waals surface area contributed by atoms with Gasteiger partial charge < -0.3 is 5.32 Å². The molecule has 2 aliphatic rings. The number of nitrogens with zero attached hydrogens (tertiary/aromatic N) is 1. The standard InChI is InChI=1S/C11H22N2/c1-3-6-12-10-7-9(2)13(8-10)11-4-5-11/h9-12H,3-8H2,1-2H3.